The summed E-state index contributed by atoms with van der Waals surface area (Å²) in [5.74, 6) is 0.221. The predicted octanol–water partition coefficient (Wildman–Crippen LogP) is 4.51. The Morgan fingerprint density at radius 1 is 0.778 bits per heavy atom. The highest BCUT2D eigenvalue weighted by atomic mass is 16.5. The second-order valence-electron chi connectivity index (χ2n) is 6.04. The van der Waals surface area contributed by atoms with E-state index in [1.807, 2.05) is 31.2 Å². The van der Waals surface area contributed by atoms with Crippen LogP contribution in [-0.4, -0.2) is 18.9 Å². The van der Waals surface area contributed by atoms with E-state index in [-0.39, 0.29) is 11.8 Å². The minimum absolute atomic E-state index is 0.174. The molecule has 0 heterocycles. The van der Waals surface area contributed by atoms with E-state index in [0.29, 0.717) is 28.3 Å². The highest BCUT2D eigenvalue weighted by molar-refractivity contribution is 6.06. The molecule has 5 heteroatoms. The van der Waals surface area contributed by atoms with E-state index in [9.17, 15) is 9.59 Å². The molecule has 0 fully saturated rings. The van der Waals surface area contributed by atoms with Crippen LogP contribution < -0.4 is 15.4 Å². The van der Waals surface area contributed by atoms with Crippen molar-refractivity contribution in [3.8, 4) is 5.75 Å². The SMILES string of the molecule is COc1cccc(C(=O)Nc2ccc(NC(=O)c3ccccc3)c(C)c2)c1. The number of amides is 2. The fourth-order valence-electron chi connectivity index (χ4n) is 2.63. The second-order valence-corrected chi connectivity index (χ2v) is 6.04. The summed E-state index contributed by atoms with van der Waals surface area (Å²) in [6.07, 6.45) is 0. The van der Waals surface area contributed by atoms with E-state index < -0.39 is 0 Å². The molecule has 2 amide bonds. The number of carbonyl (C=O) groups excluding carboxylic acids is 2. The van der Waals surface area contributed by atoms with E-state index in [4.69, 9.17) is 4.74 Å². The normalized spacial score (nSPS) is 10.1. The van der Waals surface area contributed by atoms with Crippen molar-refractivity contribution >= 4 is 23.2 Å². The Bertz CT molecular complexity index is 968. The van der Waals surface area contributed by atoms with Gasteiger partial charge in [0.1, 0.15) is 5.75 Å². The van der Waals surface area contributed by atoms with E-state index >= 15 is 0 Å². The molecule has 3 rings (SSSR count). The van der Waals surface area contributed by atoms with Crippen LogP contribution in [0.25, 0.3) is 0 Å². The molecule has 136 valence electrons. The van der Waals surface area contributed by atoms with Crippen molar-refractivity contribution in [3.63, 3.8) is 0 Å². The molecule has 3 aromatic carbocycles. The van der Waals surface area contributed by atoms with Crippen molar-refractivity contribution in [3.05, 3.63) is 89.5 Å². The summed E-state index contributed by atoms with van der Waals surface area (Å²) in [5.41, 5.74) is 3.30. The maximum Gasteiger partial charge on any atom is 0.255 e. The van der Waals surface area contributed by atoms with Gasteiger partial charge in [0.2, 0.25) is 0 Å². The zero-order valence-electron chi connectivity index (χ0n) is 15.2. The third kappa shape index (κ3) is 4.52. The minimum Gasteiger partial charge on any atom is -0.497 e. The first-order valence-electron chi connectivity index (χ1n) is 8.49. The van der Waals surface area contributed by atoms with Crippen molar-refractivity contribution < 1.29 is 14.3 Å². The first kappa shape index (κ1) is 18.2. The lowest BCUT2D eigenvalue weighted by atomic mass is 10.1. The van der Waals surface area contributed by atoms with E-state index in [1.165, 1.54) is 0 Å². The number of hydrogen-bond donors (Lipinski definition) is 2. The number of rotatable bonds is 5. The number of nitrogens with one attached hydrogen (secondary N) is 2. The van der Waals surface area contributed by atoms with Gasteiger partial charge in [-0.15, -0.1) is 0 Å². The van der Waals surface area contributed by atoms with Crippen molar-refractivity contribution in [1.82, 2.24) is 0 Å². The van der Waals surface area contributed by atoms with Gasteiger partial charge in [0.05, 0.1) is 7.11 Å². The van der Waals surface area contributed by atoms with Crippen LogP contribution in [0, 0.1) is 6.92 Å². The van der Waals surface area contributed by atoms with Crippen molar-refractivity contribution in [2.24, 2.45) is 0 Å². The molecule has 0 aliphatic rings. The van der Waals surface area contributed by atoms with E-state index in [0.717, 1.165) is 5.56 Å². The molecule has 0 bridgehead atoms. The van der Waals surface area contributed by atoms with E-state index in [1.54, 1.807) is 55.6 Å². The van der Waals surface area contributed by atoms with Crippen LogP contribution in [0.4, 0.5) is 11.4 Å². The van der Waals surface area contributed by atoms with Crippen molar-refractivity contribution in [1.29, 1.82) is 0 Å². The van der Waals surface area contributed by atoms with Crippen LogP contribution in [0.1, 0.15) is 26.3 Å². The number of hydrogen-bond acceptors (Lipinski definition) is 3. The third-order valence-corrected chi connectivity index (χ3v) is 4.10. The molecule has 2 N–H and O–H groups in total. The zero-order chi connectivity index (χ0) is 19.2. The summed E-state index contributed by atoms with van der Waals surface area (Å²) in [5, 5.41) is 5.74. The molecule has 0 atom stereocenters. The van der Waals surface area contributed by atoms with Gasteiger partial charge >= 0.3 is 0 Å². The fraction of sp³-hybridized carbons (Fsp3) is 0.0909. The summed E-state index contributed by atoms with van der Waals surface area (Å²) in [6, 6.07) is 21.3. The smallest absolute Gasteiger partial charge is 0.255 e. The lowest BCUT2D eigenvalue weighted by molar-refractivity contribution is 0.101. The number of carbonyl (C=O) groups is 2. The third-order valence-electron chi connectivity index (χ3n) is 4.10. The second kappa shape index (κ2) is 8.19. The van der Waals surface area contributed by atoms with Gasteiger partial charge in [-0.1, -0.05) is 24.3 Å². The van der Waals surface area contributed by atoms with E-state index in [2.05, 4.69) is 10.6 Å². The van der Waals surface area contributed by atoms with Gasteiger partial charge in [0.15, 0.2) is 0 Å². The molecule has 0 saturated heterocycles. The molecule has 3 aromatic rings. The number of benzene rings is 3. The topological polar surface area (TPSA) is 67.4 Å². The molecule has 0 saturated carbocycles. The average Bonchev–Trinajstić information content (AvgIpc) is 2.70. The van der Waals surface area contributed by atoms with Gasteiger partial charge in [0, 0.05) is 22.5 Å². The van der Waals surface area contributed by atoms with Crippen molar-refractivity contribution in [2.75, 3.05) is 17.7 Å². The minimum atomic E-state index is -0.227. The highest BCUT2D eigenvalue weighted by Gasteiger charge is 2.10. The molecule has 0 unspecified atom stereocenters. The Balaban J connectivity index is 1.71. The molecule has 27 heavy (non-hydrogen) atoms. The molecule has 0 radical (unpaired) electrons. The summed E-state index contributed by atoms with van der Waals surface area (Å²) in [6.45, 7) is 1.88. The Hall–Kier alpha value is -3.60. The molecule has 0 aromatic heterocycles. The Labute approximate surface area is 158 Å². The van der Waals surface area contributed by atoms with Crippen molar-refractivity contribution in [2.45, 2.75) is 6.92 Å². The first-order valence-corrected chi connectivity index (χ1v) is 8.49. The van der Waals surface area contributed by atoms with Crippen LogP contribution in [0.2, 0.25) is 0 Å². The van der Waals surface area contributed by atoms with Gasteiger partial charge in [-0.05, 0) is 61.0 Å². The molecule has 5 nitrogen and oxygen atoms in total. The number of aryl methyl sites for hydroxylation is 1. The van der Waals surface area contributed by atoms with Gasteiger partial charge in [-0.25, -0.2) is 0 Å². The van der Waals surface area contributed by atoms with Crippen LogP contribution >= 0.6 is 0 Å². The van der Waals surface area contributed by atoms with Gasteiger partial charge in [0.25, 0.3) is 11.8 Å². The quantitative estimate of drug-likeness (QED) is 0.703. The van der Waals surface area contributed by atoms with Gasteiger partial charge in [-0.3, -0.25) is 9.59 Å². The fourth-order valence-corrected chi connectivity index (χ4v) is 2.63. The number of ether oxygens (including phenoxy) is 1. The Morgan fingerprint density at radius 3 is 2.19 bits per heavy atom. The monoisotopic (exact) mass is 360 g/mol. The Kier molecular flexibility index (Phi) is 5.52. The molecule has 0 spiro atoms. The number of methoxy groups -OCH3 is 1. The molecule has 0 aliphatic heterocycles. The predicted molar refractivity (Wildman–Crippen MR) is 107 cm³/mol. The largest absolute Gasteiger partial charge is 0.497 e. The summed E-state index contributed by atoms with van der Waals surface area (Å²) in [7, 11) is 1.56. The standard InChI is InChI=1S/C22H20N2O3/c1-15-13-18(23-22(26)17-9-6-10-19(14-17)27-2)11-12-20(15)24-21(25)16-7-4-3-5-8-16/h3-14H,1-2H3,(H,23,26)(H,24,25). The van der Waals surface area contributed by atoms with Crippen LogP contribution in [0.5, 0.6) is 5.75 Å². The first-order chi connectivity index (χ1) is 13.1. The molecule has 0 aliphatic carbocycles. The summed E-state index contributed by atoms with van der Waals surface area (Å²) in [4.78, 5) is 24.7. The lowest BCUT2D eigenvalue weighted by Crippen LogP contribution is -2.14. The Morgan fingerprint density at radius 2 is 1.48 bits per heavy atom. The lowest BCUT2D eigenvalue weighted by Gasteiger charge is -2.12. The van der Waals surface area contributed by atoms with Crippen LogP contribution in [0.3, 0.4) is 0 Å². The molecular weight excluding hydrogens is 340 g/mol. The maximum atomic E-state index is 12.4. The maximum absolute atomic E-state index is 12.4. The zero-order valence-corrected chi connectivity index (χ0v) is 15.2. The van der Waals surface area contributed by atoms with Crippen LogP contribution in [-0.2, 0) is 0 Å². The molecular formula is C22H20N2O3. The summed E-state index contributed by atoms with van der Waals surface area (Å²) < 4.78 is 5.14. The van der Waals surface area contributed by atoms with Gasteiger partial charge < -0.3 is 15.4 Å². The summed E-state index contributed by atoms with van der Waals surface area (Å²) >= 11 is 0. The highest BCUT2D eigenvalue weighted by Crippen LogP contribution is 2.21. The number of anilines is 2. The van der Waals surface area contributed by atoms with Gasteiger partial charge in [-0.2, -0.15) is 0 Å². The average molecular weight is 360 g/mol. The van der Waals surface area contributed by atoms with Crippen LogP contribution in [0.15, 0.2) is 72.8 Å².